The number of hydrogen-bond acceptors (Lipinski definition) is 4. The number of ether oxygens (including phenoxy) is 1. The first-order valence-electron chi connectivity index (χ1n) is 8.10. The van der Waals surface area contributed by atoms with E-state index in [0.717, 1.165) is 38.2 Å². The SMILES string of the molecule is CC(NCC1CCN(C(=O)OC(C)(C)C)CC1)c1ccco1. The highest BCUT2D eigenvalue weighted by molar-refractivity contribution is 5.68. The average Bonchev–Trinajstić information content (AvgIpc) is 2.97. The Balaban J connectivity index is 1.70. The zero-order chi connectivity index (χ0) is 16.2. The van der Waals surface area contributed by atoms with E-state index < -0.39 is 5.60 Å². The highest BCUT2D eigenvalue weighted by Gasteiger charge is 2.26. The Morgan fingerprint density at radius 1 is 1.45 bits per heavy atom. The molecule has 0 saturated carbocycles. The van der Waals surface area contributed by atoms with Gasteiger partial charge in [0.1, 0.15) is 11.4 Å². The maximum absolute atomic E-state index is 12.0. The first-order chi connectivity index (χ1) is 10.3. The summed E-state index contributed by atoms with van der Waals surface area (Å²) in [4.78, 5) is 13.8. The van der Waals surface area contributed by atoms with Gasteiger partial charge in [0.05, 0.1) is 12.3 Å². The molecule has 1 aliphatic heterocycles. The number of carbonyl (C=O) groups is 1. The predicted octanol–water partition coefficient (Wildman–Crippen LogP) is 3.58. The van der Waals surface area contributed by atoms with Crippen LogP contribution in [0.1, 0.15) is 52.3 Å². The molecule has 0 bridgehead atoms. The summed E-state index contributed by atoms with van der Waals surface area (Å²) in [6.45, 7) is 10.3. The van der Waals surface area contributed by atoms with Crippen molar-refractivity contribution in [2.75, 3.05) is 19.6 Å². The minimum atomic E-state index is -0.423. The lowest BCUT2D eigenvalue weighted by molar-refractivity contribution is 0.0183. The second kappa shape index (κ2) is 7.18. The molecule has 1 aromatic rings. The first-order valence-corrected chi connectivity index (χ1v) is 8.10. The molecule has 1 N–H and O–H groups in total. The normalized spacial score (nSPS) is 18.3. The van der Waals surface area contributed by atoms with Gasteiger partial charge in [-0.1, -0.05) is 0 Å². The maximum Gasteiger partial charge on any atom is 0.410 e. The van der Waals surface area contributed by atoms with Crippen LogP contribution in [0, 0.1) is 5.92 Å². The summed E-state index contributed by atoms with van der Waals surface area (Å²) in [5, 5.41) is 3.51. The third kappa shape index (κ3) is 5.05. The van der Waals surface area contributed by atoms with Crippen molar-refractivity contribution in [3.8, 4) is 0 Å². The van der Waals surface area contributed by atoms with Crippen molar-refractivity contribution >= 4 is 6.09 Å². The molecule has 5 heteroatoms. The van der Waals surface area contributed by atoms with Crippen molar-refractivity contribution in [2.45, 2.75) is 52.2 Å². The molecule has 22 heavy (non-hydrogen) atoms. The number of likely N-dealkylation sites (tertiary alicyclic amines) is 1. The van der Waals surface area contributed by atoms with Gasteiger partial charge in [0.2, 0.25) is 0 Å². The van der Waals surface area contributed by atoms with Crippen molar-refractivity contribution in [3.63, 3.8) is 0 Å². The van der Waals surface area contributed by atoms with Crippen molar-refractivity contribution in [3.05, 3.63) is 24.2 Å². The van der Waals surface area contributed by atoms with Gasteiger partial charge in [0.25, 0.3) is 0 Å². The smallest absolute Gasteiger partial charge is 0.410 e. The number of carbonyl (C=O) groups excluding carboxylic acids is 1. The standard InChI is InChI=1S/C17H28N2O3/c1-13(15-6-5-11-21-15)18-12-14-7-9-19(10-8-14)16(20)22-17(2,3)4/h5-6,11,13-14,18H,7-10,12H2,1-4H3. The number of piperidine rings is 1. The van der Waals surface area contributed by atoms with Crippen LogP contribution >= 0.6 is 0 Å². The molecule has 1 saturated heterocycles. The molecule has 1 amide bonds. The zero-order valence-electron chi connectivity index (χ0n) is 14.1. The summed E-state index contributed by atoms with van der Waals surface area (Å²) in [7, 11) is 0. The van der Waals surface area contributed by atoms with Crippen molar-refractivity contribution in [2.24, 2.45) is 5.92 Å². The molecule has 0 aromatic carbocycles. The molecule has 0 radical (unpaired) electrons. The van der Waals surface area contributed by atoms with Gasteiger partial charge in [-0.3, -0.25) is 0 Å². The summed E-state index contributed by atoms with van der Waals surface area (Å²) in [6, 6.07) is 4.12. The molecule has 1 unspecified atom stereocenters. The molecule has 124 valence electrons. The topological polar surface area (TPSA) is 54.7 Å². The first kappa shape index (κ1) is 16.9. The Kier molecular flexibility index (Phi) is 5.51. The Labute approximate surface area is 133 Å². The van der Waals surface area contributed by atoms with E-state index in [1.54, 1.807) is 6.26 Å². The second-order valence-corrected chi connectivity index (χ2v) is 7.06. The second-order valence-electron chi connectivity index (χ2n) is 7.06. The minimum absolute atomic E-state index is 0.192. The van der Waals surface area contributed by atoms with Crippen LogP contribution in [-0.4, -0.2) is 36.2 Å². The molecule has 5 nitrogen and oxygen atoms in total. The Morgan fingerprint density at radius 2 is 2.14 bits per heavy atom. The number of furan rings is 1. The number of nitrogens with one attached hydrogen (secondary N) is 1. The number of nitrogens with zero attached hydrogens (tertiary/aromatic N) is 1. The van der Waals surface area contributed by atoms with Gasteiger partial charge >= 0.3 is 6.09 Å². The fraction of sp³-hybridized carbons (Fsp3) is 0.706. The summed E-state index contributed by atoms with van der Waals surface area (Å²) in [5.74, 6) is 1.56. The monoisotopic (exact) mass is 308 g/mol. The van der Waals surface area contributed by atoms with E-state index in [1.165, 1.54) is 0 Å². The molecular weight excluding hydrogens is 280 g/mol. The molecule has 2 heterocycles. The number of amides is 1. The van der Waals surface area contributed by atoms with Gasteiger partial charge < -0.3 is 19.4 Å². The van der Waals surface area contributed by atoms with Crippen LogP contribution in [0.15, 0.2) is 22.8 Å². The van der Waals surface area contributed by atoms with Crippen LogP contribution in [0.5, 0.6) is 0 Å². The van der Waals surface area contributed by atoms with E-state index in [-0.39, 0.29) is 12.1 Å². The molecule has 2 rings (SSSR count). The van der Waals surface area contributed by atoms with E-state index >= 15 is 0 Å². The maximum atomic E-state index is 12.0. The summed E-state index contributed by atoms with van der Waals surface area (Å²) in [6.07, 6.45) is 3.53. The Hall–Kier alpha value is -1.49. The predicted molar refractivity (Wildman–Crippen MR) is 85.7 cm³/mol. The molecule has 1 aromatic heterocycles. The summed E-state index contributed by atoms with van der Waals surface area (Å²) in [5.41, 5.74) is -0.423. The van der Waals surface area contributed by atoms with Crippen LogP contribution in [-0.2, 0) is 4.74 Å². The van der Waals surface area contributed by atoms with Crippen molar-refractivity contribution in [1.82, 2.24) is 10.2 Å². The molecule has 1 aliphatic rings. The van der Waals surface area contributed by atoms with Gasteiger partial charge in [-0.25, -0.2) is 4.79 Å². The minimum Gasteiger partial charge on any atom is -0.468 e. The lowest BCUT2D eigenvalue weighted by Gasteiger charge is -2.33. The average molecular weight is 308 g/mol. The Morgan fingerprint density at radius 3 is 2.68 bits per heavy atom. The highest BCUT2D eigenvalue weighted by atomic mass is 16.6. The van der Waals surface area contributed by atoms with Crippen molar-refractivity contribution < 1.29 is 13.9 Å². The summed E-state index contributed by atoms with van der Waals surface area (Å²) < 4.78 is 10.8. The molecule has 1 fully saturated rings. The molecule has 1 atom stereocenters. The number of hydrogen-bond donors (Lipinski definition) is 1. The van der Waals surface area contributed by atoms with Crippen molar-refractivity contribution in [1.29, 1.82) is 0 Å². The van der Waals surface area contributed by atoms with Gasteiger partial charge in [0, 0.05) is 13.1 Å². The highest BCUT2D eigenvalue weighted by Crippen LogP contribution is 2.20. The van der Waals surface area contributed by atoms with Gasteiger partial charge in [0.15, 0.2) is 0 Å². The fourth-order valence-electron chi connectivity index (χ4n) is 2.63. The van der Waals surface area contributed by atoms with Gasteiger partial charge in [-0.05, 0) is 65.1 Å². The largest absolute Gasteiger partial charge is 0.468 e. The van der Waals surface area contributed by atoms with Crippen LogP contribution in [0.25, 0.3) is 0 Å². The lowest BCUT2D eigenvalue weighted by Crippen LogP contribution is -2.43. The van der Waals surface area contributed by atoms with Crippen LogP contribution in [0.2, 0.25) is 0 Å². The lowest BCUT2D eigenvalue weighted by atomic mass is 9.96. The van der Waals surface area contributed by atoms with E-state index in [1.807, 2.05) is 37.8 Å². The van der Waals surface area contributed by atoms with E-state index in [2.05, 4.69) is 12.2 Å². The van der Waals surface area contributed by atoms with E-state index in [9.17, 15) is 4.79 Å². The fourth-order valence-corrected chi connectivity index (χ4v) is 2.63. The van der Waals surface area contributed by atoms with Crippen LogP contribution < -0.4 is 5.32 Å². The van der Waals surface area contributed by atoms with E-state index in [4.69, 9.17) is 9.15 Å². The number of rotatable bonds is 4. The molecular formula is C17H28N2O3. The summed E-state index contributed by atoms with van der Waals surface area (Å²) >= 11 is 0. The van der Waals surface area contributed by atoms with Crippen LogP contribution in [0.3, 0.4) is 0 Å². The molecule has 0 spiro atoms. The van der Waals surface area contributed by atoms with Gasteiger partial charge in [-0.2, -0.15) is 0 Å². The van der Waals surface area contributed by atoms with Crippen LogP contribution in [0.4, 0.5) is 4.79 Å². The van der Waals surface area contributed by atoms with E-state index in [0.29, 0.717) is 5.92 Å². The van der Waals surface area contributed by atoms with Gasteiger partial charge in [-0.15, -0.1) is 0 Å². The molecule has 0 aliphatic carbocycles. The third-order valence-electron chi connectivity index (χ3n) is 3.95. The zero-order valence-corrected chi connectivity index (χ0v) is 14.1. The quantitative estimate of drug-likeness (QED) is 0.923. The Bertz CT molecular complexity index is 457. The third-order valence-corrected chi connectivity index (χ3v) is 3.95.